The van der Waals surface area contributed by atoms with Crippen LogP contribution in [0.4, 0.5) is 6.01 Å². The van der Waals surface area contributed by atoms with Crippen molar-refractivity contribution in [1.29, 1.82) is 0 Å². The van der Waals surface area contributed by atoms with E-state index in [2.05, 4.69) is 4.98 Å². The lowest BCUT2D eigenvalue weighted by Gasteiger charge is -2.03. The van der Waals surface area contributed by atoms with Crippen LogP contribution in [0.3, 0.4) is 0 Å². The maximum atomic E-state index is 10.7. The van der Waals surface area contributed by atoms with Crippen LogP contribution < -0.4 is 4.90 Å². The smallest absolute Gasteiger partial charge is 0.296 e. The molecule has 12 heavy (non-hydrogen) atoms. The van der Waals surface area contributed by atoms with E-state index in [0.717, 1.165) is 0 Å². The van der Waals surface area contributed by atoms with E-state index >= 15 is 0 Å². The quantitative estimate of drug-likeness (QED) is 0.672. The molecule has 4 nitrogen and oxygen atoms in total. The molecule has 0 saturated heterocycles. The van der Waals surface area contributed by atoms with Gasteiger partial charge < -0.3 is 9.32 Å². The Hall–Kier alpha value is -1.32. The zero-order valence-electron chi connectivity index (χ0n) is 7.50. The largest absolute Gasteiger partial charge is 0.428 e. The van der Waals surface area contributed by atoms with Crippen molar-refractivity contribution >= 4 is 11.8 Å². The molecule has 0 amide bonds. The van der Waals surface area contributed by atoms with Gasteiger partial charge in [-0.25, -0.2) is 4.98 Å². The van der Waals surface area contributed by atoms with Crippen LogP contribution in [0, 0.1) is 0 Å². The van der Waals surface area contributed by atoms with Gasteiger partial charge in [0.05, 0.1) is 12.6 Å². The number of anilines is 1. The highest BCUT2D eigenvalue weighted by Crippen LogP contribution is 2.11. The number of carbonyl (C=O) groups is 1. The van der Waals surface area contributed by atoms with Crippen molar-refractivity contribution in [3.63, 3.8) is 0 Å². The van der Waals surface area contributed by atoms with Crippen molar-refractivity contribution in [2.24, 2.45) is 0 Å². The van der Waals surface area contributed by atoms with Gasteiger partial charge in [0, 0.05) is 14.1 Å². The van der Waals surface area contributed by atoms with Gasteiger partial charge in [0.15, 0.2) is 0 Å². The molecule has 1 rings (SSSR count). The third-order valence-corrected chi connectivity index (χ3v) is 1.35. The summed E-state index contributed by atoms with van der Waals surface area (Å²) in [6.45, 7) is 1.53. The van der Waals surface area contributed by atoms with E-state index in [-0.39, 0.29) is 5.78 Å². The number of rotatable bonds is 3. The predicted octanol–water partition coefficient (Wildman–Crippen LogP) is 0.872. The molecule has 0 aromatic carbocycles. The number of nitrogens with zero attached hydrogens (tertiary/aromatic N) is 2. The molecule has 66 valence electrons. The van der Waals surface area contributed by atoms with Crippen LogP contribution in [0.1, 0.15) is 12.7 Å². The van der Waals surface area contributed by atoms with Gasteiger partial charge in [-0.3, -0.25) is 4.79 Å². The van der Waals surface area contributed by atoms with Crippen molar-refractivity contribution < 1.29 is 9.21 Å². The Morgan fingerprint density at radius 1 is 1.67 bits per heavy atom. The molecule has 0 saturated carbocycles. The summed E-state index contributed by atoms with van der Waals surface area (Å²) in [6, 6.07) is 0.534. The summed E-state index contributed by atoms with van der Waals surface area (Å²) in [5.41, 5.74) is 0. The first-order chi connectivity index (χ1) is 5.59. The first-order valence-electron chi connectivity index (χ1n) is 3.71. The highest BCUT2D eigenvalue weighted by atomic mass is 16.4. The van der Waals surface area contributed by atoms with Gasteiger partial charge in [0.25, 0.3) is 6.01 Å². The number of oxazole rings is 1. The highest BCUT2D eigenvalue weighted by Gasteiger charge is 2.06. The summed E-state index contributed by atoms with van der Waals surface area (Å²) in [6.07, 6.45) is 1.90. The molecule has 1 aromatic rings. The molecule has 0 unspecified atom stereocenters. The maximum absolute atomic E-state index is 10.7. The number of carbonyl (C=O) groups excluding carboxylic acids is 1. The zero-order chi connectivity index (χ0) is 9.14. The monoisotopic (exact) mass is 168 g/mol. The number of ketones is 1. The zero-order valence-corrected chi connectivity index (χ0v) is 7.50. The van der Waals surface area contributed by atoms with Crippen LogP contribution in [0.2, 0.25) is 0 Å². The summed E-state index contributed by atoms with van der Waals surface area (Å²) in [4.78, 5) is 16.4. The molecule has 0 N–H and O–H groups in total. The van der Waals surface area contributed by atoms with Gasteiger partial charge in [0.2, 0.25) is 0 Å². The van der Waals surface area contributed by atoms with E-state index in [9.17, 15) is 4.79 Å². The van der Waals surface area contributed by atoms with Crippen LogP contribution in [0.5, 0.6) is 0 Å². The van der Waals surface area contributed by atoms with Gasteiger partial charge >= 0.3 is 0 Å². The van der Waals surface area contributed by atoms with Gasteiger partial charge in [-0.05, 0) is 6.92 Å². The van der Waals surface area contributed by atoms with E-state index in [0.29, 0.717) is 18.2 Å². The fourth-order valence-electron chi connectivity index (χ4n) is 0.831. The van der Waals surface area contributed by atoms with E-state index in [1.54, 1.807) is 11.1 Å². The summed E-state index contributed by atoms with van der Waals surface area (Å²) in [7, 11) is 3.67. The minimum atomic E-state index is 0.0801. The normalized spacial score (nSPS) is 9.92. The van der Waals surface area contributed by atoms with E-state index in [4.69, 9.17) is 4.42 Å². The molecule has 0 aliphatic heterocycles. The Kier molecular flexibility index (Phi) is 2.47. The van der Waals surface area contributed by atoms with Crippen LogP contribution in [0.25, 0.3) is 0 Å². The lowest BCUT2D eigenvalue weighted by molar-refractivity contribution is -0.116. The van der Waals surface area contributed by atoms with Crippen molar-refractivity contribution in [2.45, 2.75) is 13.3 Å². The van der Waals surface area contributed by atoms with Crippen molar-refractivity contribution in [2.75, 3.05) is 19.0 Å². The Balaban J connectivity index is 2.70. The number of hydrogen-bond donors (Lipinski definition) is 0. The van der Waals surface area contributed by atoms with E-state index in [1.165, 1.54) is 6.92 Å². The fourth-order valence-corrected chi connectivity index (χ4v) is 0.831. The number of aromatic nitrogens is 1. The minimum Gasteiger partial charge on any atom is -0.428 e. The summed E-state index contributed by atoms with van der Waals surface area (Å²) in [5, 5.41) is 0. The molecule has 0 aliphatic rings. The SMILES string of the molecule is CC(=O)Cc1cnc(N(C)C)o1. The summed E-state index contributed by atoms with van der Waals surface area (Å²) < 4.78 is 5.25. The second-order valence-electron chi connectivity index (χ2n) is 2.88. The summed E-state index contributed by atoms with van der Waals surface area (Å²) >= 11 is 0. The fraction of sp³-hybridized carbons (Fsp3) is 0.500. The van der Waals surface area contributed by atoms with Crippen LogP contribution >= 0.6 is 0 Å². The lowest BCUT2D eigenvalue weighted by Crippen LogP contribution is -2.08. The van der Waals surface area contributed by atoms with Crippen LogP contribution in [-0.2, 0) is 11.2 Å². The topological polar surface area (TPSA) is 46.3 Å². The first-order valence-corrected chi connectivity index (χ1v) is 3.71. The van der Waals surface area contributed by atoms with Crippen LogP contribution in [-0.4, -0.2) is 24.9 Å². The van der Waals surface area contributed by atoms with Gasteiger partial charge in [0.1, 0.15) is 11.5 Å². The van der Waals surface area contributed by atoms with E-state index in [1.807, 2.05) is 14.1 Å². The third-order valence-electron chi connectivity index (χ3n) is 1.35. The highest BCUT2D eigenvalue weighted by molar-refractivity contribution is 5.77. The lowest BCUT2D eigenvalue weighted by atomic mass is 10.3. The van der Waals surface area contributed by atoms with Gasteiger partial charge in [-0.1, -0.05) is 0 Å². The number of hydrogen-bond acceptors (Lipinski definition) is 4. The number of Topliss-reactive ketones (excluding diaryl/α,β-unsaturated/α-hetero) is 1. The van der Waals surface area contributed by atoms with Crippen molar-refractivity contribution in [3.05, 3.63) is 12.0 Å². The van der Waals surface area contributed by atoms with Crippen LogP contribution in [0.15, 0.2) is 10.6 Å². The standard InChI is InChI=1S/C8H12N2O2/c1-6(11)4-7-5-9-8(12-7)10(2)3/h5H,4H2,1-3H3. The molecule has 4 heteroatoms. The first kappa shape index (κ1) is 8.77. The molecule has 0 spiro atoms. The Morgan fingerprint density at radius 3 is 2.75 bits per heavy atom. The Labute approximate surface area is 71.2 Å². The molecule has 0 aliphatic carbocycles. The predicted molar refractivity (Wildman–Crippen MR) is 45.2 cm³/mol. The minimum absolute atomic E-state index is 0.0801. The van der Waals surface area contributed by atoms with Crippen molar-refractivity contribution in [1.82, 2.24) is 4.98 Å². The summed E-state index contributed by atoms with van der Waals surface area (Å²) in [5.74, 6) is 0.697. The van der Waals surface area contributed by atoms with Gasteiger partial charge in [-0.2, -0.15) is 0 Å². The molecule has 1 heterocycles. The molecular weight excluding hydrogens is 156 g/mol. The second kappa shape index (κ2) is 3.38. The second-order valence-corrected chi connectivity index (χ2v) is 2.88. The Morgan fingerprint density at radius 2 is 2.33 bits per heavy atom. The molecule has 0 bridgehead atoms. The van der Waals surface area contributed by atoms with E-state index < -0.39 is 0 Å². The molecule has 0 atom stereocenters. The van der Waals surface area contributed by atoms with Gasteiger partial charge in [-0.15, -0.1) is 0 Å². The molecule has 1 aromatic heterocycles. The average molecular weight is 168 g/mol. The molecular formula is C8H12N2O2. The third kappa shape index (κ3) is 2.08. The maximum Gasteiger partial charge on any atom is 0.296 e. The molecule has 0 radical (unpaired) electrons. The Bertz CT molecular complexity index is 278. The molecule has 0 fully saturated rings. The van der Waals surface area contributed by atoms with Crippen molar-refractivity contribution in [3.8, 4) is 0 Å². The average Bonchev–Trinajstić information content (AvgIpc) is 2.34.